The Morgan fingerprint density at radius 2 is 0.861 bits per heavy atom. The van der Waals surface area contributed by atoms with Gasteiger partial charge in [0.25, 0.3) is 12.5 Å². The van der Waals surface area contributed by atoms with E-state index in [1.807, 2.05) is 90.4 Å². The number of hydrogen-bond acceptors (Lipinski definition) is 10. The third-order valence-corrected chi connectivity index (χ3v) is 5.42. The number of aromatic nitrogens is 3. The second kappa shape index (κ2) is 10.7. The molecule has 0 aliphatic heterocycles. The molecule has 178 valence electrons. The second-order valence-corrected chi connectivity index (χ2v) is 7.62. The Kier molecular flexibility index (Phi) is 7.09. The summed E-state index contributed by atoms with van der Waals surface area (Å²) in [6.07, 6.45) is 3.33. The maximum Gasteiger partial charge on any atom is 0.292 e. The molecule has 0 unspecified atom stereocenters. The number of benzene rings is 3. The van der Waals surface area contributed by atoms with Gasteiger partial charge in [0.15, 0.2) is 0 Å². The topological polar surface area (TPSA) is 114 Å². The molecular formula is C26H22N8O2. The molecule has 0 amide bonds. The van der Waals surface area contributed by atoms with E-state index in [0.717, 1.165) is 17.1 Å². The molecule has 3 aromatic carbocycles. The highest BCUT2D eigenvalue weighted by atomic mass is 16.5. The van der Waals surface area contributed by atoms with Crippen LogP contribution in [0.15, 0.2) is 78.9 Å². The van der Waals surface area contributed by atoms with Gasteiger partial charge in [-0.05, 0) is 60.7 Å². The molecule has 0 fully saturated rings. The van der Waals surface area contributed by atoms with E-state index < -0.39 is 0 Å². The van der Waals surface area contributed by atoms with Crippen molar-refractivity contribution < 1.29 is 9.47 Å². The summed E-state index contributed by atoms with van der Waals surface area (Å²) in [7, 11) is 5.58. The first kappa shape index (κ1) is 23.8. The van der Waals surface area contributed by atoms with Crippen molar-refractivity contribution in [2.24, 2.45) is 0 Å². The molecule has 0 spiro atoms. The molecule has 10 heteroatoms. The van der Waals surface area contributed by atoms with Gasteiger partial charge in [0, 0.05) is 38.2 Å². The van der Waals surface area contributed by atoms with E-state index in [-0.39, 0.29) is 0 Å². The van der Waals surface area contributed by atoms with Gasteiger partial charge >= 0.3 is 0 Å². The highest BCUT2D eigenvalue weighted by molar-refractivity contribution is 5.65. The van der Waals surface area contributed by atoms with Gasteiger partial charge in [-0.25, -0.2) is 0 Å². The zero-order valence-electron chi connectivity index (χ0n) is 19.9. The summed E-state index contributed by atoms with van der Waals surface area (Å²) in [4.78, 5) is 19.7. The van der Waals surface area contributed by atoms with Crippen molar-refractivity contribution in [1.29, 1.82) is 10.5 Å². The largest absolute Gasteiger partial charge is 0.388 e. The van der Waals surface area contributed by atoms with Crippen LogP contribution in [0, 0.1) is 23.0 Å². The molecule has 1 aromatic heterocycles. The van der Waals surface area contributed by atoms with E-state index in [2.05, 4.69) is 0 Å². The summed E-state index contributed by atoms with van der Waals surface area (Å²) in [5.41, 5.74) is 2.51. The lowest BCUT2D eigenvalue weighted by Gasteiger charge is -2.24. The maximum absolute atomic E-state index is 8.73. The minimum atomic E-state index is 0.419. The van der Waals surface area contributed by atoms with Gasteiger partial charge in [-0.1, -0.05) is 18.2 Å². The smallest absolute Gasteiger partial charge is 0.292 e. The number of rotatable bonds is 8. The Morgan fingerprint density at radius 1 is 0.528 bits per heavy atom. The van der Waals surface area contributed by atoms with Crippen molar-refractivity contribution in [2.45, 2.75) is 0 Å². The van der Waals surface area contributed by atoms with Crippen molar-refractivity contribution in [2.75, 3.05) is 35.8 Å². The fraction of sp³-hybridized carbons (Fsp3) is 0.115. The lowest BCUT2D eigenvalue weighted by molar-refractivity contribution is 0.507. The third kappa shape index (κ3) is 5.24. The van der Waals surface area contributed by atoms with E-state index in [0.29, 0.717) is 29.3 Å². The van der Waals surface area contributed by atoms with E-state index in [1.165, 1.54) is 0 Å². The fourth-order valence-electron chi connectivity index (χ4n) is 3.37. The first-order chi connectivity index (χ1) is 17.5. The first-order valence-corrected chi connectivity index (χ1v) is 10.8. The zero-order chi connectivity index (χ0) is 25.5. The lowest BCUT2D eigenvalue weighted by atomic mass is 10.3. The monoisotopic (exact) mass is 478 g/mol. The van der Waals surface area contributed by atoms with E-state index in [1.54, 1.807) is 36.8 Å². The molecule has 1 heterocycles. The molecule has 0 atom stereocenters. The number of para-hydroxylation sites is 1. The lowest BCUT2D eigenvalue weighted by Crippen LogP contribution is -2.22. The number of nitrogens with zero attached hydrogens (tertiary/aromatic N) is 8. The predicted molar refractivity (Wildman–Crippen MR) is 136 cm³/mol. The van der Waals surface area contributed by atoms with Crippen LogP contribution in [0.4, 0.5) is 34.9 Å². The fourth-order valence-corrected chi connectivity index (χ4v) is 3.37. The zero-order valence-corrected chi connectivity index (χ0v) is 19.9. The average molecular weight is 479 g/mol. The molecular weight excluding hydrogens is 456 g/mol. The maximum atomic E-state index is 8.73. The van der Waals surface area contributed by atoms with Crippen LogP contribution in [0.5, 0.6) is 11.5 Å². The first-order valence-electron chi connectivity index (χ1n) is 10.8. The SMILES string of the molecule is CN(c1ccccc1)c1nc(N(C)c2ccc(OC#N)cc2)nc(N(C)c2ccc(OC#N)cc2)n1. The standard InChI is InChI=1S/C26H22N8O2/c1-32(19-7-5-4-6-8-19)24-29-25(33(2)20-9-13-22(14-10-20)35-17-27)31-26(30-24)34(3)21-11-15-23(16-12-21)36-18-28/h4-16H,1-3H3. The van der Waals surface area contributed by atoms with Gasteiger partial charge in [-0.3, -0.25) is 0 Å². The van der Waals surface area contributed by atoms with E-state index in [9.17, 15) is 0 Å². The Balaban J connectivity index is 1.74. The van der Waals surface area contributed by atoms with Crippen molar-refractivity contribution in [1.82, 2.24) is 15.0 Å². The molecule has 0 N–H and O–H groups in total. The van der Waals surface area contributed by atoms with Crippen molar-refractivity contribution >= 4 is 34.9 Å². The number of nitriles is 2. The summed E-state index contributed by atoms with van der Waals surface area (Å²) < 4.78 is 9.75. The van der Waals surface area contributed by atoms with E-state index >= 15 is 0 Å². The van der Waals surface area contributed by atoms with Crippen LogP contribution in [-0.4, -0.2) is 36.1 Å². The molecule has 36 heavy (non-hydrogen) atoms. The highest BCUT2D eigenvalue weighted by Gasteiger charge is 2.18. The van der Waals surface area contributed by atoms with Crippen molar-refractivity contribution in [3.8, 4) is 24.0 Å². The molecule has 0 aliphatic carbocycles. The van der Waals surface area contributed by atoms with Crippen molar-refractivity contribution in [3.63, 3.8) is 0 Å². The Morgan fingerprint density at radius 3 is 1.19 bits per heavy atom. The average Bonchev–Trinajstić information content (AvgIpc) is 2.93. The number of anilines is 6. The molecule has 0 saturated carbocycles. The summed E-state index contributed by atoms with van der Waals surface area (Å²) in [5.74, 6) is 2.18. The Bertz CT molecular complexity index is 1310. The highest BCUT2D eigenvalue weighted by Crippen LogP contribution is 2.30. The predicted octanol–water partition coefficient (Wildman–Crippen LogP) is 4.90. The van der Waals surface area contributed by atoms with Gasteiger partial charge in [0.05, 0.1) is 0 Å². The minimum absolute atomic E-state index is 0.419. The van der Waals surface area contributed by atoms with Gasteiger partial charge in [0.2, 0.25) is 17.8 Å². The number of hydrogen-bond donors (Lipinski definition) is 0. The molecule has 4 rings (SSSR count). The van der Waals surface area contributed by atoms with Gasteiger partial charge in [-0.15, -0.1) is 10.5 Å². The second-order valence-electron chi connectivity index (χ2n) is 7.62. The number of ether oxygens (including phenoxy) is 2. The Hall–Kier alpha value is -5.35. The van der Waals surface area contributed by atoms with Crippen LogP contribution >= 0.6 is 0 Å². The molecule has 4 aromatic rings. The molecule has 0 bridgehead atoms. The Labute approximate surface area is 208 Å². The molecule has 10 nitrogen and oxygen atoms in total. The van der Waals surface area contributed by atoms with Crippen LogP contribution in [0.25, 0.3) is 0 Å². The van der Waals surface area contributed by atoms with Crippen LogP contribution < -0.4 is 24.2 Å². The summed E-state index contributed by atoms with van der Waals surface area (Å²) >= 11 is 0. The van der Waals surface area contributed by atoms with Gasteiger partial charge < -0.3 is 24.2 Å². The van der Waals surface area contributed by atoms with Crippen LogP contribution in [0.3, 0.4) is 0 Å². The minimum Gasteiger partial charge on any atom is -0.388 e. The van der Waals surface area contributed by atoms with Gasteiger partial charge in [0.1, 0.15) is 11.5 Å². The summed E-state index contributed by atoms with van der Waals surface area (Å²) in [5, 5.41) is 17.5. The van der Waals surface area contributed by atoms with Gasteiger partial charge in [-0.2, -0.15) is 15.0 Å². The van der Waals surface area contributed by atoms with Crippen LogP contribution in [-0.2, 0) is 0 Å². The third-order valence-electron chi connectivity index (χ3n) is 5.42. The normalized spacial score (nSPS) is 10.0. The summed E-state index contributed by atoms with van der Waals surface area (Å²) in [6.45, 7) is 0. The van der Waals surface area contributed by atoms with Crippen LogP contribution in [0.2, 0.25) is 0 Å². The molecule has 0 radical (unpaired) electrons. The summed E-state index contributed by atoms with van der Waals surface area (Å²) in [6, 6.07) is 23.8. The molecule has 0 saturated heterocycles. The van der Waals surface area contributed by atoms with Crippen LogP contribution in [0.1, 0.15) is 0 Å². The quantitative estimate of drug-likeness (QED) is 0.324. The molecule has 0 aliphatic rings. The van der Waals surface area contributed by atoms with Crippen molar-refractivity contribution in [3.05, 3.63) is 78.9 Å². The van der Waals surface area contributed by atoms with E-state index in [4.69, 9.17) is 34.9 Å².